The molecule has 0 radical (unpaired) electrons. The number of rotatable bonds is 14. The number of nitriles is 1. The van der Waals surface area contributed by atoms with Crippen molar-refractivity contribution in [2.75, 3.05) is 47.1 Å². The smallest absolute Gasteiger partial charge is 0.422 e. The summed E-state index contributed by atoms with van der Waals surface area (Å²) >= 11 is 0. The van der Waals surface area contributed by atoms with Crippen molar-refractivity contribution in [1.82, 2.24) is 9.47 Å². The van der Waals surface area contributed by atoms with Crippen LogP contribution < -0.4 is 14.2 Å². The van der Waals surface area contributed by atoms with Crippen LogP contribution in [0.3, 0.4) is 0 Å². The number of aliphatic hydroxyl groups is 1. The lowest BCUT2D eigenvalue weighted by Crippen LogP contribution is -2.53. The third kappa shape index (κ3) is 8.69. The number of methoxy groups -OCH3 is 2. The minimum Gasteiger partial charge on any atom is -0.493 e. The Kier molecular flexibility index (Phi) is 12.2. The fourth-order valence-electron chi connectivity index (χ4n) is 6.38. The molecule has 1 unspecified atom stereocenters. The first kappa shape index (κ1) is 39.0. The van der Waals surface area contributed by atoms with Crippen LogP contribution in [0.2, 0.25) is 0 Å². The summed E-state index contributed by atoms with van der Waals surface area (Å²) in [5, 5.41) is 21.3. The van der Waals surface area contributed by atoms with Gasteiger partial charge in [0.2, 0.25) is 17.1 Å². The maximum Gasteiger partial charge on any atom is 0.422 e. The summed E-state index contributed by atoms with van der Waals surface area (Å²) < 4.78 is 88.1. The largest absolute Gasteiger partial charge is 0.493 e. The van der Waals surface area contributed by atoms with Crippen molar-refractivity contribution in [3.8, 4) is 23.3 Å². The minimum absolute atomic E-state index is 0.00247. The van der Waals surface area contributed by atoms with E-state index >= 15 is 0 Å². The monoisotopic (exact) mass is 739 g/mol. The van der Waals surface area contributed by atoms with E-state index in [4.69, 9.17) is 23.7 Å². The van der Waals surface area contributed by atoms with Crippen molar-refractivity contribution in [1.29, 1.82) is 5.26 Å². The molecule has 1 aliphatic rings. The number of aromatic nitrogens is 1. The van der Waals surface area contributed by atoms with Gasteiger partial charge in [0.1, 0.15) is 11.9 Å². The Hall–Kier alpha value is -5.26. The maximum absolute atomic E-state index is 15.0. The van der Waals surface area contributed by atoms with E-state index in [1.807, 2.05) is 6.07 Å². The van der Waals surface area contributed by atoms with Gasteiger partial charge in [0.05, 0.1) is 44.6 Å². The number of carbonyl (C=O) groups excluding carboxylic acids is 1. The number of fused-ring (bicyclic) bond motifs is 1. The zero-order valence-corrected chi connectivity index (χ0v) is 29.8. The number of hydrogen-bond donors (Lipinski definition) is 1. The molecule has 282 valence electrons. The molecule has 0 aliphatic carbocycles. The van der Waals surface area contributed by atoms with Crippen molar-refractivity contribution in [2.45, 2.75) is 51.1 Å². The summed E-state index contributed by atoms with van der Waals surface area (Å²) in [5.74, 6) is -0.172. The van der Waals surface area contributed by atoms with E-state index in [1.165, 1.54) is 73.5 Å². The molecule has 1 atom stereocenters. The highest BCUT2D eigenvalue weighted by Crippen LogP contribution is 2.45. The SMILES string of the molecule is CCOC(=O)C(=Cc1cc(OC)c(OC2CCN(CC(O)(c3cn(Cc4ccc(F)cc4)c4cc(C#N)ccc34)C(F)(F)F)CC2)c(OC)c1)OCC. The fourth-order valence-corrected chi connectivity index (χ4v) is 6.38. The van der Waals surface area contributed by atoms with Gasteiger partial charge >= 0.3 is 12.1 Å². The standard InChI is InChI=1S/C39H41F4N3O7/c1-5-51-35(37(47)52-6-2)20-27-18-33(49-3)36(34(19-27)50-4)53-29-13-15-45(16-14-29)24-38(48,39(41,42)43)31-23-46(22-25-7-10-28(40)11-8-25)32-17-26(21-44)9-12-30(31)32/h7-12,17-20,23,29,48H,5-6,13-16,22,24H2,1-4H3. The van der Waals surface area contributed by atoms with Gasteiger partial charge in [-0.25, -0.2) is 9.18 Å². The van der Waals surface area contributed by atoms with E-state index in [2.05, 4.69) is 0 Å². The quantitative estimate of drug-likeness (QED) is 0.0635. The molecule has 1 fully saturated rings. The summed E-state index contributed by atoms with van der Waals surface area (Å²) in [6, 6.07) is 15.2. The first-order valence-electron chi connectivity index (χ1n) is 17.1. The summed E-state index contributed by atoms with van der Waals surface area (Å²) in [5.41, 5.74) is -1.89. The van der Waals surface area contributed by atoms with Crippen molar-refractivity contribution < 1.29 is 51.1 Å². The molecule has 1 N–H and O–H groups in total. The number of β-amino-alcohol motifs (C(OH)–C–C–N with tert-alkyl or cyclic N) is 1. The van der Waals surface area contributed by atoms with Crippen LogP contribution in [0.25, 0.3) is 17.0 Å². The molecule has 0 saturated carbocycles. The Bertz CT molecular complexity index is 1950. The zero-order valence-electron chi connectivity index (χ0n) is 29.8. The minimum atomic E-state index is -5.06. The molecule has 0 spiro atoms. The Balaban J connectivity index is 1.37. The number of hydrogen-bond acceptors (Lipinski definition) is 9. The summed E-state index contributed by atoms with van der Waals surface area (Å²) in [6.07, 6.45) is -2.06. The second kappa shape index (κ2) is 16.6. The number of halogens is 4. The van der Waals surface area contributed by atoms with E-state index in [1.54, 1.807) is 30.9 Å². The Morgan fingerprint density at radius 1 is 0.981 bits per heavy atom. The second-order valence-corrected chi connectivity index (χ2v) is 12.5. The van der Waals surface area contributed by atoms with Crippen molar-refractivity contribution in [2.24, 2.45) is 0 Å². The molecular weight excluding hydrogens is 698 g/mol. The van der Waals surface area contributed by atoms with E-state index in [0.29, 0.717) is 41.0 Å². The van der Waals surface area contributed by atoms with Gasteiger partial charge in [-0.1, -0.05) is 18.2 Å². The predicted molar refractivity (Wildman–Crippen MR) is 188 cm³/mol. The van der Waals surface area contributed by atoms with Gasteiger partial charge in [-0.15, -0.1) is 0 Å². The van der Waals surface area contributed by atoms with Gasteiger partial charge in [0.15, 0.2) is 11.5 Å². The third-order valence-corrected chi connectivity index (χ3v) is 9.02. The lowest BCUT2D eigenvalue weighted by molar-refractivity contribution is -0.272. The van der Waals surface area contributed by atoms with Gasteiger partial charge in [-0.2, -0.15) is 18.4 Å². The highest BCUT2D eigenvalue weighted by atomic mass is 19.4. The fraction of sp³-hybridized carbons (Fsp3) is 0.385. The van der Waals surface area contributed by atoms with E-state index in [0.717, 1.165) is 0 Å². The highest BCUT2D eigenvalue weighted by molar-refractivity contribution is 5.91. The van der Waals surface area contributed by atoms with Crippen LogP contribution in [-0.4, -0.2) is 79.9 Å². The average Bonchev–Trinajstić information content (AvgIpc) is 3.50. The lowest BCUT2D eigenvalue weighted by Gasteiger charge is -2.39. The molecule has 1 aromatic heterocycles. The molecule has 10 nitrogen and oxygen atoms in total. The third-order valence-electron chi connectivity index (χ3n) is 9.02. The molecule has 2 heterocycles. The Labute approximate surface area is 304 Å². The van der Waals surface area contributed by atoms with E-state index in [9.17, 15) is 32.7 Å². The van der Waals surface area contributed by atoms with Crippen LogP contribution in [0.15, 0.2) is 66.6 Å². The number of esters is 1. The molecule has 0 amide bonds. The first-order chi connectivity index (χ1) is 25.3. The highest BCUT2D eigenvalue weighted by Gasteiger charge is 2.57. The average molecular weight is 740 g/mol. The van der Waals surface area contributed by atoms with Crippen LogP contribution in [0.5, 0.6) is 17.2 Å². The molecule has 1 saturated heterocycles. The van der Waals surface area contributed by atoms with Gasteiger partial charge in [-0.3, -0.25) is 4.90 Å². The zero-order chi connectivity index (χ0) is 38.3. The van der Waals surface area contributed by atoms with Crippen LogP contribution in [0, 0.1) is 17.1 Å². The number of alkyl halides is 3. The molecule has 4 aromatic rings. The van der Waals surface area contributed by atoms with E-state index < -0.39 is 36.2 Å². The van der Waals surface area contributed by atoms with Crippen LogP contribution in [0.1, 0.15) is 48.9 Å². The van der Waals surface area contributed by atoms with Gasteiger partial charge in [0, 0.05) is 43.3 Å². The summed E-state index contributed by atoms with van der Waals surface area (Å²) in [6.45, 7) is 3.54. The summed E-state index contributed by atoms with van der Waals surface area (Å²) in [4.78, 5) is 13.9. The van der Waals surface area contributed by atoms with Crippen LogP contribution in [0.4, 0.5) is 17.6 Å². The number of ether oxygens (including phenoxy) is 5. The van der Waals surface area contributed by atoms with Gasteiger partial charge in [-0.05, 0) is 80.3 Å². The van der Waals surface area contributed by atoms with Crippen molar-refractivity contribution >= 4 is 22.9 Å². The van der Waals surface area contributed by atoms with Crippen LogP contribution >= 0.6 is 0 Å². The molecule has 0 bridgehead atoms. The topological polar surface area (TPSA) is 115 Å². The molecule has 3 aromatic carbocycles. The molecule has 1 aliphatic heterocycles. The molecule has 53 heavy (non-hydrogen) atoms. The Morgan fingerprint density at radius 3 is 2.19 bits per heavy atom. The Morgan fingerprint density at radius 2 is 1.62 bits per heavy atom. The molecule has 14 heteroatoms. The van der Waals surface area contributed by atoms with Gasteiger partial charge < -0.3 is 33.4 Å². The number of benzene rings is 3. The lowest BCUT2D eigenvalue weighted by atomic mass is 9.90. The first-order valence-corrected chi connectivity index (χ1v) is 17.1. The number of likely N-dealkylation sites (tertiary alicyclic amines) is 1. The van der Waals surface area contributed by atoms with Crippen LogP contribution in [-0.2, 0) is 26.4 Å². The van der Waals surface area contributed by atoms with Gasteiger partial charge in [0.25, 0.3) is 0 Å². The van der Waals surface area contributed by atoms with Crippen molar-refractivity contribution in [3.05, 3.63) is 94.6 Å². The second-order valence-electron chi connectivity index (χ2n) is 12.5. The number of carbonyl (C=O) groups is 1. The van der Waals surface area contributed by atoms with Crippen molar-refractivity contribution in [3.63, 3.8) is 0 Å². The number of nitrogens with zero attached hydrogens (tertiary/aromatic N) is 3. The molecular formula is C39H41F4N3O7. The number of piperidine rings is 1. The maximum atomic E-state index is 15.0. The normalized spacial score (nSPS) is 15.4. The summed E-state index contributed by atoms with van der Waals surface area (Å²) in [7, 11) is 2.89. The van der Waals surface area contributed by atoms with E-state index in [-0.39, 0.29) is 60.9 Å². The predicted octanol–water partition coefficient (Wildman–Crippen LogP) is 6.95. The molecule has 5 rings (SSSR count).